The molecule has 1 aromatic heterocycles. The van der Waals surface area contributed by atoms with E-state index in [0.717, 1.165) is 36.1 Å². The molecule has 0 aliphatic heterocycles. The van der Waals surface area contributed by atoms with Gasteiger partial charge in [0.15, 0.2) is 0 Å². The van der Waals surface area contributed by atoms with Crippen LogP contribution in [0.3, 0.4) is 0 Å². The topological polar surface area (TPSA) is 38.1 Å². The predicted molar refractivity (Wildman–Crippen MR) is 127 cm³/mol. The minimum absolute atomic E-state index is 0.000638. The molecule has 0 radical (unpaired) electrons. The molecule has 4 nitrogen and oxygen atoms in total. The Kier molecular flexibility index (Phi) is 7.14. The number of carbonyl (C=O) groups is 1. The van der Waals surface area contributed by atoms with E-state index in [-0.39, 0.29) is 18.1 Å². The molecule has 0 bridgehead atoms. The third-order valence-corrected chi connectivity index (χ3v) is 6.56. The van der Waals surface area contributed by atoms with Crippen LogP contribution in [0.5, 0.6) is 0 Å². The maximum Gasteiger partial charge on any atom is 0.227 e. The molecule has 1 heterocycles. The monoisotopic (exact) mass is 455 g/mol. The number of hydrogen-bond acceptors (Lipinski definition) is 2. The SMILES string of the molecule is CC(C)CCN(Cc1nc2ccc(Cl)cc2n1C1CCCC1)C(=O)Cc1cccc(F)c1. The van der Waals surface area contributed by atoms with Crippen LogP contribution < -0.4 is 0 Å². The molecule has 0 atom stereocenters. The first kappa shape index (κ1) is 22.8. The van der Waals surface area contributed by atoms with Gasteiger partial charge in [-0.2, -0.15) is 0 Å². The highest BCUT2D eigenvalue weighted by atomic mass is 35.5. The van der Waals surface area contributed by atoms with Crippen molar-refractivity contribution in [2.45, 2.75) is 65.0 Å². The quantitative estimate of drug-likeness (QED) is 0.385. The van der Waals surface area contributed by atoms with Gasteiger partial charge in [0.2, 0.25) is 5.91 Å². The van der Waals surface area contributed by atoms with E-state index in [4.69, 9.17) is 16.6 Å². The Morgan fingerprint density at radius 2 is 2.00 bits per heavy atom. The van der Waals surface area contributed by atoms with Gasteiger partial charge in [-0.3, -0.25) is 4.79 Å². The van der Waals surface area contributed by atoms with E-state index in [9.17, 15) is 9.18 Å². The van der Waals surface area contributed by atoms with Crippen molar-refractivity contribution in [1.29, 1.82) is 0 Å². The van der Waals surface area contributed by atoms with Crippen LogP contribution in [0.25, 0.3) is 11.0 Å². The molecule has 1 aliphatic rings. The first-order chi connectivity index (χ1) is 15.4. The summed E-state index contributed by atoms with van der Waals surface area (Å²) in [4.78, 5) is 20.1. The van der Waals surface area contributed by atoms with E-state index in [1.54, 1.807) is 12.1 Å². The van der Waals surface area contributed by atoms with Crippen LogP contribution >= 0.6 is 11.6 Å². The smallest absolute Gasteiger partial charge is 0.227 e. The Labute approximate surface area is 194 Å². The van der Waals surface area contributed by atoms with Gasteiger partial charge in [-0.15, -0.1) is 0 Å². The molecule has 3 aromatic rings. The van der Waals surface area contributed by atoms with E-state index in [2.05, 4.69) is 18.4 Å². The largest absolute Gasteiger partial charge is 0.335 e. The first-order valence-electron chi connectivity index (χ1n) is 11.6. The third-order valence-electron chi connectivity index (χ3n) is 6.32. The summed E-state index contributed by atoms with van der Waals surface area (Å²) < 4.78 is 16.0. The van der Waals surface area contributed by atoms with Crippen molar-refractivity contribution in [3.63, 3.8) is 0 Å². The molecule has 6 heteroatoms. The number of aromatic nitrogens is 2. The lowest BCUT2D eigenvalue weighted by Crippen LogP contribution is -2.34. The number of benzene rings is 2. The molecule has 0 unspecified atom stereocenters. The zero-order chi connectivity index (χ0) is 22.7. The zero-order valence-corrected chi connectivity index (χ0v) is 19.6. The average Bonchev–Trinajstić information content (AvgIpc) is 3.38. The van der Waals surface area contributed by atoms with E-state index in [1.807, 2.05) is 23.1 Å². The predicted octanol–water partition coefficient (Wildman–Crippen LogP) is 6.56. The van der Waals surface area contributed by atoms with Gasteiger partial charge in [-0.1, -0.05) is 50.4 Å². The minimum Gasteiger partial charge on any atom is -0.335 e. The van der Waals surface area contributed by atoms with Crippen LogP contribution in [0.15, 0.2) is 42.5 Å². The average molecular weight is 456 g/mol. The van der Waals surface area contributed by atoms with Gasteiger partial charge in [0.1, 0.15) is 11.6 Å². The van der Waals surface area contributed by atoms with Gasteiger partial charge in [-0.25, -0.2) is 9.37 Å². The van der Waals surface area contributed by atoms with Gasteiger partial charge in [0.25, 0.3) is 0 Å². The highest BCUT2D eigenvalue weighted by Gasteiger charge is 2.25. The number of amides is 1. The van der Waals surface area contributed by atoms with Gasteiger partial charge >= 0.3 is 0 Å². The van der Waals surface area contributed by atoms with Crippen molar-refractivity contribution in [3.8, 4) is 0 Å². The summed E-state index contributed by atoms with van der Waals surface area (Å²) in [5.74, 6) is 1.07. The van der Waals surface area contributed by atoms with Gasteiger partial charge in [0, 0.05) is 17.6 Å². The molecule has 2 aromatic carbocycles. The summed E-state index contributed by atoms with van der Waals surface area (Å²) in [5.41, 5.74) is 2.65. The molecule has 1 aliphatic carbocycles. The van der Waals surface area contributed by atoms with Gasteiger partial charge in [0.05, 0.1) is 24.0 Å². The Morgan fingerprint density at radius 1 is 1.22 bits per heavy atom. The Morgan fingerprint density at radius 3 is 2.72 bits per heavy atom. The van der Waals surface area contributed by atoms with Crippen molar-refractivity contribution in [1.82, 2.24) is 14.5 Å². The standard InChI is InChI=1S/C26H31ClFN3O/c1-18(2)12-13-30(26(32)15-19-6-5-7-21(28)14-19)17-25-29-23-11-10-20(27)16-24(23)31(25)22-8-3-4-9-22/h5-7,10-11,14,16,18,22H,3-4,8-9,12-13,15,17H2,1-2H3. The van der Waals surface area contributed by atoms with Crippen molar-refractivity contribution in [2.24, 2.45) is 5.92 Å². The molecule has 4 rings (SSSR count). The maximum absolute atomic E-state index is 13.6. The van der Waals surface area contributed by atoms with Crippen molar-refractivity contribution >= 4 is 28.5 Å². The van der Waals surface area contributed by atoms with Crippen LogP contribution in [0, 0.1) is 11.7 Å². The molecular weight excluding hydrogens is 425 g/mol. The number of fused-ring (bicyclic) bond motifs is 1. The second kappa shape index (κ2) is 10.0. The zero-order valence-electron chi connectivity index (χ0n) is 18.9. The molecule has 0 saturated heterocycles. The Balaban J connectivity index is 1.65. The lowest BCUT2D eigenvalue weighted by molar-refractivity contribution is -0.131. The van der Waals surface area contributed by atoms with E-state index < -0.39 is 0 Å². The molecule has 32 heavy (non-hydrogen) atoms. The molecule has 1 saturated carbocycles. The fourth-order valence-corrected chi connectivity index (χ4v) is 4.77. The number of nitrogens with zero attached hydrogens (tertiary/aromatic N) is 3. The lowest BCUT2D eigenvalue weighted by Gasteiger charge is -2.25. The Bertz CT molecular complexity index is 1090. The number of halogens is 2. The molecular formula is C26H31ClFN3O. The molecule has 170 valence electrons. The van der Waals surface area contributed by atoms with Crippen molar-refractivity contribution in [3.05, 3.63) is 64.7 Å². The van der Waals surface area contributed by atoms with E-state index in [0.29, 0.717) is 35.6 Å². The summed E-state index contributed by atoms with van der Waals surface area (Å²) in [6, 6.07) is 12.5. The molecule has 1 fully saturated rings. The highest BCUT2D eigenvalue weighted by molar-refractivity contribution is 6.31. The summed E-state index contributed by atoms with van der Waals surface area (Å²) in [5, 5.41) is 0.696. The van der Waals surface area contributed by atoms with Gasteiger partial charge < -0.3 is 9.47 Å². The number of carbonyl (C=O) groups excluding carboxylic acids is 1. The maximum atomic E-state index is 13.6. The molecule has 0 spiro atoms. The van der Waals surface area contributed by atoms with Crippen LogP contribution in [-0.4, -0.2) is 26.9 Å². The third kappa shape index (κ3) is 5.32. The van der Waals surface area contributed by atoms with Crippen LogP contribution in [0.1, 0.15) is 63.4 Å². The van der Waals surface area contributed by atoms with Crippen LogP contribution in [-0.2, 0) is 17.8 Å². The first-order valence-corrected chi connectivity index (χ1v) is 12.0. The number of imidazole rings is 1. The van der Waals surface area contributed by atoms with Crippen molar-refractivity contribution in [2.75, 3.05) is 6.54 Å². The normalized spacial score (nSPS) is 14.5. The molecule has 1 amide bonds. The lowest BCUT2D eigenvalue weighted by atomic mass is 10.1. The number of rotatable bonds is 8. The minimum atomic E-state index is -0.316. The van der Waals surface area contributed by atoms with Crippen LogP contribution in [0.2, 0.25) is 5.02 Å². The second-order valence-corrected chi connectivity index (χ2v) is 9.71. The highest BCUT2D eigenvalue weighted by Crippen LogP contribution is 2.35. The van der Waals surface area contributed by atoms with Gasteiger partial charge in [-0.05, 0) is 61.1 Å². The second-order valence-electron chi connectivity index (χ2n) is 9.27. The number of hydrogen-bond donors (Lipinski definition) is 0. The van der Waals surface area contributed by atoms with E-state index >= 15 is 0 Å². The summed E-state index contributed by atoms with van der Waals surface area (Å²) in [7, 11) is 0. The summed E-state index contributed by atoms with van der Waals surface area (Å²) >= 11 is 6.31. The molecule has 0 N–H and O–H groups in total. The van der Waals surface area contributed by atoms with E-state index in [1.165, 1.54) is 25.0 Å². The fourth-order valence-electron chi connectivity index (χ4n) is 4.61. The summed E-state index contributed by atoms with van der Waals surface area (Å²) in [6.07, 6.45) is 5.75. The van der Waals surface area contributed by atoms with Crippen molar-refractivity contribution < 1.29 is 9.18 Å². The summed E-state index contributed by atoms with van der Waals surface area (Å²) in [6.45, 7) is 5.42. The van der Waals surface area contributed by atoms with Crippen LogP contribution in [0.4, 0.5) is 4.39 Å². The fraction of sp³-hybridized carbons (Fsp3) is 0.462. The Hall–Kier alpha value is -2.40.